The monoisotopic (exact) mass is 387 g/mol. The molecule has 0 unspecified atom stereocenters. The topological polar surface area (TPSA) is 63.7 Å². The van der Waals surface area contributed by atoms with Crippen molar-refractivity contribution in [2.24, 2.45) is 5.92 Å². The number of sulfonamides is 1. The summed E-state index contributed by atoms with van der Waals surface area (Å²) in [5.74, 6) is 1.09. The molecule has 1 heterocycles. The summed E-state index contributed by atoms with van der Waals surface area (Å²) in [4.78, 5) is 12.8. The van der Waals surface area contributed by atoms with Crippen LogP contribution in [-0.2, 0) is 10.0 Å². The van der Waals surface area contributed by atoms with Crippen LogP contribution >= 0.6 is 0 Å². The summed E-state index contributed by atoms with van der Waals surface area (Å²) in [6.07, 6.45) is 1.42. The van der Waals surface area contributed by atoms with Crippen molar-refractivity contribution in [2.75, 3.05) is 13.1 Å². The summed E-state index contributed by atoms with van der Waals surface area (Å²) in [5, 5.41) is -0.472. The van der Waals surface area contributed by atoms with E-state index in [9.17, 15) is 13.2 Å². The maximum atomic E-state index is 12.8. The van der Waals surface area contributed by atoms with Crippen molar-refractivity contribution in [1.29, 1.82) is 0 Å². The van der Waals surface area contributed by atoms with Crippen LogP contribution in [-0.4, -0.2) is 36.8 Å². The number of ether oxygens (including phenoxy) is 1. The molecule has 0 N–H and O–H groups in total. The zero-order chi connectivity index (χ0) is 19.4. The van der Waals surface area contributed by atoms with Crippen molar-refractivity contribution in [3.05, 3.63) is 60.2 Å². The van der Waals surface area contributed by atoms with Crippen LogP contribution in [0.3, 0.4) is 0 Å². The molecule has 2 aromatic rings. The zero-order valence-corrected chi connectivity index (χ0v) is 16.5. The normalized spacial score (nSPS) is 18.4. The summed E-state index contributed by atoms with van der Waals surface area (Å²) in [6, 6.07) is 16.5. The second kappa shape index (κ2) is 8.23. The van der Waals surface area contributed by atoms with E-state index in [0.717, 1.165) is 5.75 Å². The lowest BCUT2D eigenvalue weighted by Crippen LogP contribution is -2.44. The maximum absolute atomic E-state index is 12.8. The van der Waals surface area contributed by atoms with Crippen molar-refractivity contribution in [2.45, 2.75) is 31.9 Å². The van der Waals surface area contributed by atoms with Gasteiger partial charge in [0.25, 0.3) is 0 Å². The minimum absolute atomic E-state index is 0.00934. The Kier molecular flexibility index (Phi) is 5.97. The molecule has 5 nitrogen and oxygen atoms in total. The summed E-state index contributed by atoms with van der Waals surface area (Å²) >= 11 is 0. The van der Waals surface area contributed by atoms with E-state index in [0.29, 0.717) is 30.7 Å². The SMILES string of the molecule is CC(C)S(=O)(=O)N1CCC[C@H](C(=O)c2ccc(Oc3ccccc3)cc2)C1. The van der Waals surface area contributed by atoms with Gasteiger partial charge in [-0.2, -0.15) is 0 Å². The van der Waals surface area contributed by atoms with Crippen LogP contribution in [0.15, 0.2) is 54.6 Å². The molecule has 0 spiro atoms. The van der Waals surface area contributed by atoms with Gasteiger partial charge in [-0.05, 0) is 63.1 Å². The van der Waals surface area contributed by atoms with E-state index in [4.69, 9.17) is 4.74 Å². The Labute approximate surface area is 161 Å². The van der Waals surface area contributed by atoms with Crippen LogP contribution in [0.25, 0.3) is 0 Å². The lowest BCUT2D eigenvalue weighted by molar-refractivity contribution is 0.0872. The van der Waals surface area contributed by atoms with Crippen LogP contribution < -0.4 is 4.74 Å². The lowest BCUT2D eigenvalue weighted by Gasteiger charge is -2.32. The molecule has 0 aliphatic carbocycles. The van der Waals surface area contributed by atoms with Gasteiger partial charge in [-0.1, -0.05) is 18.2 Å². The fourth-order valence-electron chi connectivity index (χ4n) is 3.23. The third kappa shape index (κ3) is 4.57. The van der Waals surface area contributed by atoms with E-state index in [2.05, 4.69) is 0 Å². The second-order valence-electron chi connectivity index (χ2n) is 7.09. The smallest absolute Gasteiger partial charge is 0.216 e. The molecule has 2 aromatic carbocycles. The maximum Gasteiger partial charge on any atom is 0.216 e. The van der Waals surface area contributed by atoms with Gasteiger partial charge in [0.2, 0.25) is 10.0 Å². The fourth-order valence-corrected chi connectivity index (χ4v) is 4.60. The lowest BCUT2D eigenvalue weighted by atomic mass is 9.91. The molecule has 0 saturated carbocycles. The molecule has 27 heavy (non-hydrogen) atoms. The summed E-state index contributed by atoms with van der Waals surface area (Å²) in [5.41, 5.74) is 0.587. The van der Waals surface area contributed by atoms with Crippen LogP contribution in [0.2, 0.25) is 0 Å². The van der Waals surface area contributed by atoms with Gasteiger partial charge in [-0.3, -0.25) is 4.79 Å². The summed E-state index contributed by atoms with van der Waals surface area (Å²) in [6.45, 7) is 4.11. The molecule has 0 amide bonds. The van der Waals surface area contributed by atoms with Gasteiger partial charge >= 0.3 is 0 Å². The average Bonchev–Trinajstić information content (AvgIpc) is 2.69. The van der Waals surface area contributed by atoms with Crippen molar-refractivity contribution >= 4 is 15.8 Å². The first kappa shape index (κ1) is 19.6. The number of hydrogen-bond acceptors (Lipinski definition) is 4. The van der Waals surface area contributed by atoms with E-state index in [1.165, 1.54) is 4.31 Å². The summed E-state index contributed by atoms with van der Waals surface area (Å²) < 4.78 is 32.0. The first-order valence-electron chi connectivity index (χ1n) is 9.24. The third-order valence-electron chi connectivity index (χ3n) is 4.83. The first-order chi connectivity index (χ1) is 12.9. The molecule has 0 bridgehead atoms. The van der Waals surface area contributed by atoms with Gasteiger partial charge in [0.05, 0.1) is 5.25 Å². The van der Waals surface area contributed by atoms with E-state index < -0.39 is 15.3 Å². The van der Waals surface area contributed by atoms with Gasteiger partial charge in [-0.15, -0.1) is 0 Å². The highest BCUT2D eigenvalue weighted by molar-refractivity contribution is 7.89. The molecule has 3 rings (SSSR count). The van der Waals surface area contributed by atoms with E-state index in [-0.39, 0.29) is 18.2 Å². The van der Waals surface area contributed by atoms with Gasteiger partial charge < -0.3 is 4.74 Å². The second-order valence-corrected chi connectivity index (χ2v) is 9.58. The van der Waals surface area contributed by atoms with Gasteiger partial charge in [0.15, 0.2) is 5.78 Å². The van der Waals surface area contributed by atoms with Gasteiger partial charge in [0.1, 0.15) is 11.5 Å². The number of para-hydroxylation sites is 1. The molecule has 1 saturated heterocycles. The number of ketones is 1. The van der Waals surface area contributed by atoms with Crippen molar-refractivity contribution in [3.8, 4) is 11.5 Å². The molecule has 0 radical (unpaired) electrons. The number of piperidine rings is 1. The molecular weight excluding hydrogens is 362 g/mol. The Morgan fingerprint density at radius 3 is 2.30 bits per heavy atom. The highest BCUT2D eigenvalue weighted by atomic mass is 32.2. The third-order valence-corrected chi connectivity index (χ3v) is 7.07. The predicted molar refractivity (Wildman–Crippen MR) is 106 cm³/mol. The Balaban J connectivity index is 1.68. The minimum atomic E-state index is -3.33. The number of carbonyl (C=O) groups excluding carboxylic acids is 1. The van der Waals surface area contributed by atoms with Crippen molar-refractivity contribution < 1.29 is 17.9 Å². The Morgan fingerprint density at radius 2 is 1.67 bits per heavy atom. The molecular formula is C21H25NO4S. The van der Waals surface area contributed by atoms with Crippen molar-refractivity contribution in [1.82, 2.24) is 4.31 Å². The Hall–Kier alpha value is -2.18. The largest absolute Gasteiger partial charge is 0.457 e. The predicted octanol–water partition coefficient (Wildman–Crippen LogP) is 4.11. The zero-order valence-electron chi connectivity index (χ0n) is 15.7. The van der Waals surface area contributed by atoms with E-state index in [1.807, 2.05) is 30.3 Å². The summed E-state index contributed by atoms with van der Waals surface area (Å²) in [7, 11) is -3.33. The first-order valence-corrected chi connectivity index (χ1v) is 10.7. The number of Topliss-reactive ketones (excluding diaryl/α,β-unsaturated/α-hetero) is 1. The standard InChI is InChI=1S/C21H25NO4S/c1-16(2)27(24,25)22-14-6-7-18(15-22)21(23)17-10-12-20(13-11-17)26-19-8-4-3-5-9-19/h3-5,8-13,16,18H,6-7,14-15H2,1-2H3/t18-/m0/s1. The molecule has 6 heteroatoms. The molecule has 144 valence electrons. The van der Waals surface area contributed by atoms with Gasteiger partial charge in [0, 0.05) is 24.6 Å². The van der Waals surface area contributed by atoms with Crippen LogP contribution in [0.5, 0.6) is 11.5 Å². The van der Waals surface area contributed by atoms with Crippen molar-refractivity contribution in [3.63, 3.8) is 0 Å². The van der Waals surface area contributed by atoms with Crippen LogP contribution in [0, 0.1) is 5.92 Å². The van der Waals surface area contributed by atoms with Gasteiger partial charge in [-0.25, -0.2) is 12.7 Å². The molecule has 0 aromatic heterocycles. The number of benzene rings is 2. The number of rotatable bonds is 6. The Morgan fingerprint density at radius 1 is 1.04 bits per heavy atom. The molecule has 1 aliphatic rings. The molecule has 1 aliphatic heterocycles. The van der Waals surface area contributed by atoms with Crippen LogP contribution in [0.1, 0.15) is 37.0 Å². The number of hydrogen-bond donors (Lipinski definition) is 0. The number of carbonyl (C=O) groups is 1. The quantitative estimate of drug-likeness (QED) is 0.700. The van der Waals surface area contributed by atoms with E-state index >= 15 is 0 Å². The molecule has 1 fully saturated rings. The Bertz CT molecular complexity index is 876. The molecule has 1 atom stereocenters. The highest BCUT2D eigenvalue weighted by Crippen LogP contribution is 2.26. The average molecular weight is 388 g/mol. The fraction of sp³-hybridized carbons (Fsp3) is 0.381. The van der Waals surface area contributed by atoms with E-state index in [1.54, 1.807) is 38.1 Å². The number of nitrogens with zero attached hydrogens (tertiary/aromatic N) is 1. The van der Waals surface area contributed by atoms with Crippen LogP contribution in [0.4, 0.5) is 0 Å². The minimum Gasteiger partial charge on any atom is -0.457 e. The highest BCUT2D eigenvalue weighted by Gasteiger charge is 2.34.